The topological polar surface area (TPSA) is 97.6 Å². The van der Waals surface area contributed by atoms with Crippen LogP contribution in [-0.2, 0) is 11.2 Å². The van der Waals surface area contributed by atoms with Crippen LogP contribution in [0.4, 0.5) is 0 Å². The van der Waals surface area contributed by atoms with E-state index in [0.29, 0.717) is 17.4 Å². The molecule has 0 aromatic carbocycles. The number of rotatable bonds is 4. The number of ketones is 1. The molecule has 16 heavy (non-hydrogen) atoms. The highest BCUT2D eigenvalue weighted by atomic mass is 16.5. The van der Waals surface area contributed by atoms with Crippen LogP contribution < -0.4 is 0 Å². The van der Waals surface area contributed by atoms with Crippen molar-refractivity contribution >= 4 is 5.78 Å². The van der Waals surface area contributed by atoms with Crippen molar-refractivity contribution in [1.82, 2.24) is 25.6 Å². The zero-order valence-corrected chi connectivity index (χ0v) is 8.38. The molecule has 7 nitrogen and oxygen atoms in total. The summed E-state index contributed by atoms with van der Waals surface area (Å²) in [5, 5.41) is 13.7. The maximum Gasteiger partial charge on any atom is 0.234 e. The molecule has 0 amide bonds. The monoisotopic (exact) mass is 219 g/mol. The number of hydrogen-bond acceptors (Lipinski definition) is 6. The molecule has 1 aliphatic carbocycles. The Kier molecular flexibility index (Phi) is 2.02. The van der Waals surface area contributed by atoms with E-state index in [1.807, 2.05) is 0 Å². The minimum Gasteiger partial charge on any atom is -0.338 e. The highest BCUT2D eigenvalue weighted by molar-refractivity contribution is 5.84. The Bertz CT molecular complexity index is 500. The number of aromatic amines is 1. The van der Waals surface area contributed by atoms with Gasteiger partial charge >= 0.3 is 0 Å². The van der Waals surface area contributed by atoms with Crippen molar-refractivity contribution in [3.8, 4) is 11.5 Å². The van der Waals surface area contributed by atoms with Crippen LogP contribution in [0.25, 0.3) is 11.5 Å². The van der Waals surface area contributed by atoms with Gasteiger partial charge in [0, 0.05) is 5.92 Å². The summed E-state index contributed by atoms with van der Waals surface area (Å²) in [5.41, 5.74) is 0.508. The third-order valence-corrected chi connectivity index (χ3v) is 2.47. The number of aromatic nitrogens is 5. The number of hydrogen-bond donors (Lipinski definition) is 1. The second kappa shape index (κ2) is 3.51. The van der Waals surface area contributed by atoms with E-state index in [-0.39, 0.29) is 18.1 Å². The van der Waals surface area contributed by atoms with Gasteiger partial charge in [-0.05, 0) is 12.8 Å². The zero-order chi connectivity index (χ0) is 11.0. The largest absolute Gasteiger partial charge is 0.338 e. The van der Waals surface area contributed by atoms with E-state index in [4.69, 9.17) is 4.52 Å². The van der Waals surface area contributed by atoms with Crippen molar-refractivity contribution in [2.45, 2.75) is 19.3 Å². The van der Waals surface area contributed by atoms with Gasteiger partial charge in [-0.25, -0.2) is 0 Å². The molecule has 2 aromatic rings. The summed E-state index contributed by atoms with van der Waals surface area (Å²) in [7, 11) is 0. The van der Waals surface area contributed by atoms with Crippen LogP contribution in [0.1, 0.15) is 18.7 Å². The van der Waals surface area contributed by atoms with E-state index >= 15 is 0 Å². The molecule has 0 atom stereocenters. The molecule has 0 saturated heterocycles. The number of carbonyl (C=O) groups is 1. The number of carbonyl (C=O) groups excluding carboxylic acids is 1. The lowest BCUT2D eigenvalue weighted by molar-refractivity contribution is -0.119. The standard InChI is InChI=1S/C9H9N5O2/c15-7(5-1-2-5)3-8-11-9(13-16-8)6-4-10-14-12-6/h4-5H,1-3H2,(H,10,12,14). The number of H-pyrrole nitrogens is 1. The van der Waals surface area contributed by atoms with Gasteiger partial charge in [0.2, 0.25) is 11.7 Å². The highest BCUT2D eigenvalue weighted by Gasteiger charge is 2.30. The molecule has 0 radical (unpaired) electrons. The van der Waals surface area contributed by atoms with E-state index in [0.717, 1.165) is 12.8 Å². The van der Waals surface area contributed by atoms with E-state index in [1.54, 1.807) is 0 Å². The Morgan fingerprint density at radius 3 is 3.12 bits per heavy atom. The van der Waals surface area contributed by atoms with Crippen molar-refractivity contribution in [3.63, 3.8) is 0 Å². The van der Waals surface area contributed by atoms with Crippen molar-refractivity contribution in [3.05, 3.63) is 12.1 Å². The lowest BCUT2D eigenvalue weighted by Crippen LogP contribution is -2.04. The van der Waals surface area contributed by atoms with E-state index < -0.39 is 0 Å². The van der Waals surface area contributed by atoms with Gasteiger partial charge in [0.25, 0.3) is 0 Å². The average Bonchev–Trinajstić information content (AvgIpc) is 2.80. The summed E-state index contributed by atoms with van der Waals surface area (Å²) in [4.78, 5) is 15.6. The fraction of sp³-hybridized carbons (Fsp3) is 0.444. The Morgan fingerprint density at radius 2 is 2.44 bits per heavy atom. The van der Waals surface area contributed by atoms with Crippen molar-refractivity contribution in [2.24, 2.45) is 5.92 Å². The second-order valence-electron chi connectivity index (χ2n) is 3.78. The number of nitrogens with one attached hydrogen (secondary N) is 1. The van der Waals surface area contributed by atoms with Crippen molar-refractivity contribution < 1.29 is 9.32 Å². The Labute approximate surface area is 90.2 Å². The van der Waals surface area contributed by atoms with Crippen LogP contribution in [0.2, 0.25) is 0 Å². The normalized spacial score (nSPS) is 15.2. The summed E-state index contributed by atoms with van der Waals surface area (Å²) < 4.78 is 4.97. The van der Waals surface area contributed by atoms with Gasteiger partial charge in [0.05, 0.1) is 12.6 Å². The fourth-order valence-electron chi connectivity index (χ4n) is 1.44. The van der Waals surface area contributed by atoms with Crippen molar-refractivity contribution in [1.29, 1.82) is 0 Å². The molecule has 1 saturated carbocycles. The Balaban J connectivity index is 1.75. The molecule has 1 aliphatic rings. The molecule has 0 bridgehead atoms. The predicted octanol–water partition coefficient (Wildman–Crippen LogP) is 0.376. The van der Waals surface area contributed by atoms with Crippen LogP contribution >= 0.6 is 0 Å². The first kappa shape index (κ1) is 9.20. The first-order chi connectivity index (χ1) is 7.83. The molecule has 0 spiro atoms. The molecule has 0 aliphatic heterocycles. The van der Waals surface area contributed by atoms with Gasteiger partial charge in [-0.2, -0.15) is 20.4 Å². The highest BCUT2D eigenvalue weighted by Crippen LogP contribution is 2.30. The molecule has 7 heteroatoms. The summed E-state index contributed by atoms with van der Waals surface area (Å²) in [6.07, 6.45) is 3.69. The van der Waals surface area contributed by atoms with Crippen LogP contribution in [0.3, 0.4) is 0 Å². The van der Waals surface area contributed by atoms with Crippen LogP contribution in [0.15, 0.2) is 10.7 Å². The molecule has 2 aromatic heterocycles. The third-order valence-electron chi connectivity index (χ3n) is 2.47. The zero-order valence-electron chi connectivity index (χ0n) is 8.38. The maximum absolute atomic E-state index is 11.5. The molecular weight excluding hydrogens is 210 g/mol. The quantitative estimate of drug-likeness (QED) is 0.798. The van der Waals surface area contributed by atoms with E-state index in [2.05, 4.69) is 25.6 Å². The molecule has 2 heterocycles. The van der Waals surface area contributed by atoms with Crippen LogP contribution in [-0.4, -0.2) is 31.3 Å². The minimum absolute atomic E-state index is 0.176. The van der Waals surface area contributed by atoms with Gasteiger partial charge in [0.1, 0.15) is 5.78 Å². The summed E-state index contributed by atoms with van der Waals surface area (Å²) in [5.74, 6) is 1.08. The second-order valence-corrected chi connectivity index (χ2v) is 3.78. The first-order valence-corrected chi connectivity index (χ1v) is 5.04. The third kappa shape index (κ3) is 1.71. The van der Waals surface area contributed by atoms with E-state index in [1.165, 1.54) is 6.20 Å². The Morgan fingerprint density at radius 1 is 1.56 bits per heavy atom. The van der Waals surface area contributed by atoms with Gasteiger partial charge in [-0.1, -0.05) is 5.16 Å². The molecule has 82 valence electrons. The smallest absolute Gasteiger partial charge is 0.234 e. The van der Waals surface area contributed by atoms with Gasteiger partial charge < -0.3 is 4.52 Å². The molecule has 3 rings (SSSR count). The lowest BCUT2D eigenvalue weighted by atomic mass is 10.2. The molecule has 0 unspecified atom stereocenters. The van der Waals surface area contributed by atoms with Crippen LogP contribution in [0.5, 0.6) is 0 Å². The van der Waals surface area contributed by atoms with Crippen molar-refractivity contribution in [2.75, 3.05) is 0 Å². The van der Waals surface area contributed by atoms with Gasteiger partial charge in [-0.3, -0.25) is 4.79 Å². The lowest BCUT2D eigenvalue weighted by Gasteiger charge is -1.90. The summed E-state index contributed by atoms with van der Waals surface area (Å²) in [6, 6.07) is 0. The minimum atomic E-state index is 0.176. The fourth-order valence-corrected chi connectivity index (χ4v) is 1.44. The summed E-state index contributed by atoms with van der Waals surface area (Å²) >= 11 is 0. The number of Topliss-reactive ketones (excluding diaryl/α,β-unsaturated/α-hetero) is 1. The molecule has 1 fully saturated rings. The molecule has 1 N–H and O–H groups in total. The predicted molar refractivity (Wildman–Crippen MR) is 51.1 cm³/mol. The van der Waals surface area contributed by atoms with Gasteiger partial charge in [0.15, 0.2) is 5.69 Å². The average molecular weight is 219 g/mol. The summed E-state index contributed by atoms with van der Waals surface area (Å²) in [6.45, 7) is 0. The van der Waals surface area contributed by atoms with Crippen LogP contribution in [0, 0.1) is 5.92 Å². The maximum atomic E-state index is 11.5. The van der Waals surface area contributed by atoms with E-state index in [9.17, 15) is 4.79 Å². The SMILES string of the molecule is O=C(Cc1nc(-c2cn[nH]n2)no1)C1CC1. The Hall–Kier alpha value is -2.05. The number of nitrogens with zero attached hydrogens (tertiary/aromatic N) is 4. The molecular formula is C9H9N5O2. The first-order valence-electron chi connectivity index (χ1n) is 5.04. The van der Waals surface area contributed by atoms with Gasteiger partial charge in [-0.15, -0.1) is 0 Å².